The number of aliphatic hydroxyl groups excluding tert-OH is 1. The maximum atomic E-state index is 12.6. The third kappa shape index (κ3) is 7.15. The fourth-order valence-corrected chi connectivity index (χ4v) is 4.08. The average molecular weight is 496 g/mol. The summed E-state index contributed by atoms with van der Waals surface area (Å²) in [5.41, 5.74) is 0.608. The van der Waals surface area contributed by atoms with Crippen LogP contribution < -0.4 is 24.3 Å². The van der Waals surface area contributed by atoms with Crippen LogP contribution in [0.25, 0.3) is 0 Å². The SMILES string of the molecule is O=C(CCOc1ccc(OC(F)(F)F)cc1)N[C@H](CN1CCCC1)[C@H](O)c1ccc2c(c1)OCO2. The molecule has 2 heterocycles. The molecule has 0 radical (unpaired) electrons. The third-order valence-electron chi connectivity index (χ3n) is 5.77. The number of hydrogen-bond acceptors (Lipinski definition) is 7. The Bertz CT molecular complexity index is 996. The molecule has 0 saturated carbocycles. The lowest BCUT2D eigenvalue weighted by Crippen LogP contribution is -2.47. The lowest BCUT2D eigenvalue weighted by molar-refractivity contribution is -0.274. The molecule has 190 valence electrons. The number of alkyl halides is 3. The van der Waals surface area contributed by atoms with E-state index in [4.69, 9.17) is 14.2 Å². The van der Waals surface area contributed by atoms with Crippen molar-refractivity contribution < 1.29 is 42.0 Å². The van der Waals surface area contributed by atoms with Crippen LogP contribution in [0.1, 0.15) is 30.9 Å². The van der Waals surface area contributed by atoms with Crippen LogP contribution in [0.15, 0.2) is 42.5 Å². The number of nitrogens with zero attached hydrogens (tertiary/aromatic N) is 1. The van der Waals surface area contributed by atoms with Gasteiger partial charge in [-0.15, -0.1) is 13.2 Å². The highest BCUT2D eigenvalue weighted by Gasteiger charge is 2.31. The molecule has 2 aliphatic rings. The molecule has 1 saturated heterocycles. The quantitative estimate of drug-likeness (QED) is 0.521. The van der Waals surface area contributed by atoms with E-state index in [9.17, 15) is 23.1 Å². The third-order valence-corrected chi connectivity index (χ3v) is 5.77. The molecule has 8 nitrogen and oxygen atoms in total. The Hall–Kier alpha value is -3.18. The minimum Gasteiger partial charge on any atom is -0.493 e. The Morgan fingerprint density at radius 2 is 1.74 bits per heavy atom. The first-order chi connectivity index (χ1) is 16.8. The van der Waals surface area contributed by atoms with Crippen molar-refractivity contribution in [2.24, 2.45) is 0 Å². The second-order valence-corrected chi connectivity index (χ2v) is 8.36. The summed E-state index contributed by atoms with van der Waals surface area (Å²) >= 11 is 0. The molecule has 2 aliphatic heterocycles. The van der Waals surface area contributed by atoms with Gasteiger partial charge in [-0.05, 0) is 67.9 Å². The summed E-state index contributed by atoms with van der Waals surface area (Å²) in [5, 5.41) is 14.0. The van der Waals surface area contributed by atoms with E-state index in [1.165, 1.54) is 12.1 Å². The number of carbonyl (C=O) groups excluding carboxylic acids is 1. The second kappa shape index (κ2) is 11.0. The molecular formula is C24H27F3N2O6. The predicted octanol–water partition coefficient (Wildman–Crippen LogP) is 3.40. The van der Waals surface area contributed by atoms with Crippen LogP contribution in [-0.2, 0) is 4.79 Å². The lowest BCUT2D eigenvalue weighted by Gasteiger charge is -2.29. The van der Waals surface area contributed by atoms with Crippen molar-refractivity contribution in [3.63, 3.8) is 0 Å². The van der Waals surface area contributed by atoms with Gasteiger partial charge in [-0.1, -0.05) is 6.07 Å². The molecule has 1 amide bonds. The average Bonchev–Trinajstić information content (AvgIpc) is 3.49. The highest BCUT2D eigenvalue weighted by molar-refractivity contribution is 5.76. The van der Waals surface area contributed by atoms with E-state index in [1.807, 2.05) is 0 Å². The zero-order valence-corrected chi connectivity index (χ0v) is 18.9. The molecule has 1 fully saturated rings. The zero-order valence-electron chi connectivity index (χ0n) is 18.9. The Morgan fingerprint density at radius 1 is 1.06 bits per heavy atom. The number of rotatable bonds is 10. The molecule has 4 rings (SSSR count). The summed E-state index contributed by atoms with van der Waals surface area (Å²) in [6.07, 6.45) is -3.58. The van der Waals surface area contributed by atoms with E-state index >= 15 is 0 Å². The van der Waals surface area contributed by atoms with Gasteiger partial charge in [0.05, 0.1) is 19.1 Å². The molecule has 2 N–H and O–H groups in total. The van der Waals surface area contributed by atoms with Crippen molar-refractivity contribution in [3.8, 4) is 23.0 Å². The molecule has 0 aliphatic carbocycles. The van der Waals surface area contributed by atoms with Crippen molar-refractivity contribution in [3.05, 3.63) is 48.0 Å². The van der Waals surface area contributed by atoms with Crippen LogP contribution in [0.3, 0.4) is 0 Å². The van der Waals surface area contributed by atoms with E-state index in [1.54, 1.807) is 18.2 Å². The number of carbonyl (C=O) groups is 1. The molecule has 0 aromatic heterocycles. The van der Waals surface area contributed by atoms with Gasteiger partial charge in [-0.3, -0.25) is 4.79 Å². The number of benzene rings is 2. The van der Waals surface area contributed by atoms with Gasteiger partial charge < -0.3 is 34.3 Å². The Morgan fingerprint density at radius 3 is 2.46 bits per heavy atom. The van der Waals surface area contributed by atoms with E-state index < -0.39 is 18.5 Å². The van der Waals surface area contributed by atoms with E-state index in [0.717, 1.165) is 38.1 Å². The summed E-state index contributed by atoms with van der Waals surface area (Å²) < 4.78 is 56.8. The summed E-state index contributed by atoms with van der Waals surface area (Å²) in [6.45, 7) is 2.43. The number of hydrogen-bond donors (Lipinski definition) is 2. The van der Waals surface area contributed by atoms with Crippen LogP contribution in [0.4, 0.5) is 13.2 Å². The minimum atomic E-state index is -4.77. The molecule has 2 atom stereocenters. The van der Waals surface area contributed by atoms with Gasteiger partial charge in [0.2, 0.25) is 12.7 Å². The van der Waals surface area contributed by atoms with Gasteiger partial charge >= 0.3 is 6.36 Å². The standard InChI is InChI=1S/C24H27F3N2O6/c25-24(26,27)35-18-6-4-17(5-7-18)32-12-9-22(30)28-19(14-29-10-1-2-11-29)23(31)16-3-8-20-21(13-16)34-15-33-20/h3-8,13,19,23,31H,1-2,9-12,14-15H2,(H,28,30)/t19-,23-/m1/s1. The summed E-state index contributed by atoms with van der Waals surface area (Å²) in [5.74, 6) is 0.793. The first-order valence-electron chi connectivity index (χ1n) is 11.3. The number of ether oxygens (including phenoxy) is 4. The fraction of sp³-hybridized carbons (Fsp3) is 0.458. The van der Waals surface area contributed by atoms with Crippen LogP contribution in [0, 0.1) is 0 Å². The number of fused-ring (bicyclic) bond motifs is 1. The fourth-order valence-electron chi connectivity index (χ4n) is 4.08. The molecular weight excluding hydrogens is 469 g/mol. The summed E-state index contributed by atoms with van der Waals surface area (Å²) in [4.78, 5) is 14.8. The Kier molecular flexibility index (Phi) is 7.86. The van der Waals surface area contributed by atoms with Crippen molar-refractivity contribution in [1.29, 1.82) is 0 Å². The Balaban J connectivity index is 1.32. The molecule has 2 aromatic rings. The van der Waals surface area contributed by atoms with Gasteiger partial charge in [-0.25, -0.2) is 0 Å². The maximum absolute atomic E-state index is 12.6. The highest BCUT2D eigenvalue weighted by Crippen LogP contribution is 2.35. The van der Waals surface area contributed by atoms with Crippen molar-refractivity contribution in [2.45, 2.75) is 37.8 Å². The number of likely N-dealkylation sites (tertiary alicyclic amines) is 1. The minimum absolute atomic E-state index is 0.00512. The number of amides is 1. The van der Waals surface area contributed by atoms with Crippen molar-refractivity contribution >= 4 is 5.91 Å². The number of halogens is 3. The molecule has 0 unspecified atom stereocenters. The summed E-state index contributed by atoms with van der Waals surface area (Å²) in [7, 11) is 0. The molecule has 2 aromatic carbocycles. The monoisotopic (exact) mass is 496 g/mol. The van der Waals surface area contributed by atoms with Gasteiger partial charge in [0, 0.05) is 6.54 Å². The van der Waals surface area contributed by atoms with E-state index in [0.29, 0.717) is 29.4 Å². The topological polar surface area (TPSA) is 89.5 Å². The molecule has 0 bridgehead atoms. The van der Waals surface area contributed by atoms with Crippen molar-refractivity contribution in [1.82, 2.24) is 10.2 Å². The van der Waals surface area contributed by atoms with Crippen molar-refractivity contribution in [2.75, 3.05) is 33.0 Å². The normalized spacial score (nSPS) is 17.1. The lowest BCUT2D eigenvalue weighted by atomic mass is 10.0. The van der Waals surface area contributed by atoms with Gasteiger partial charge in [0.1, 0.15) is 17.6 Å². The van der Waals surface area contributed by atoms with Crippen LogP contribution in [0.2, 0.25) is 0 Å². The number of nitrogens with one attached hydrogen (secondary N) is 1. The van der Waals surface area contributed by atoms with Crippen LogP contribution >= 0.6 is 0 Å². The van der Waals surface area contributed by atoms with Gasteiger partial charge in [-0.2, -0.15) is 0 Å². The molecule has 35 heavy (non-hydrogen) atoms. The first kappa shape index (κ1) is 24.9. The highest BCUT2D eigenvalue weighted by atomic mass is 19.4. The molecule has 0 spiro atoms. The van der Waals surface area contributed by atoms with Crippen LogP contribution in [-0.4, -0.2) is 61.4 Å². The smallest absolute Gasteiger partial charge is 0.493 e. The van der Waals surface area contributed by atoms with Gasteiger partial charge in [0.15, 0.2) is 11.5 Å². The van der Waals surface area contributed by atoms with E-state index in [2.05, 4.69) is 15.0 Å². The first-order valence-corrected chi connectivity index (χ1v) is 11.3. The van der Waals surface area contributed by atoms with E-state index in [-0.39, 0.29) is 31.5 Å². The predicted molar refractivity (Wildman–Crippen MR) is 118 cm³/mol. The largest absolute Gasteiger partial charge is 0.573 e. The molecule has 11 heteroatoms. The van der Waals surface area contributed by atoms with Crippen LogP contribution in [0.5, 0.6) is 23.0 Å². The number of aliphatic hydroxyl groups is 1. The summed E-state index contributed by atoms with van der Waals surface area (Å²) in [6, 6.07) is 9.57. The van der Waals surface area contributed by atoms with Gasteiger partial charge in [0.25, 0.3) is 0 Å². The Labute approximate surface area is 200 Å². The zero-order chi connectivity index (χ0) is 24.8. The maximum Gasteiger partial charge on any atom is 0.573 e. The second-order valence-electron chi connectivity index (χ2n) is 8.36.